The third-order valence-electron chi connectivity index (χ3n) is 5.09. The van der Waals surface area contributed by atoms with E-state index in [1.54, 1.807) is 30.3 Å². The Labute approximate surface area is 175 Å². The number of hydrogen-bond donors (Lipinski definition) is 2. The molecule has 1 aliphatic heterocycles. The highest BCUT2D eigenvalue weighted by Gasteiger charge is 2.47. The summed E-state index contributed by atoms with van der Waals surface area (Å²) in [5, 5.41) is 11.0. The van der Waals surface area contributed by atoms with Gasteiger partial charge in [-0.2, -0.15) is 0 Å². The first-order valence-electron chi connectivity index (χ1n) is 9.72. The van der Waals surface area contributed by atoms with Gasteiger partial charge in [-0.05, 0) is 30.3 Å². The number of Topliss-reactive ketones (excluding diaryl/α,β-unsaturated/α-hetero) is 1. The number of hydrogen-bond acceptors (Lipinski definition) is 6. The maximum atomic E-state index is 12.9. The number of rotatable bonds is 8. The molecule has 0 radical (unpaired) electrons. The predicted octanol–water partition coefficient (Wildman–Crippen LogP) is 1.25. The van der Waals surface area contributed by atoms with Gasteiger partial charge in [0.2, 0.25) is 0 Å². The van der Waals surface area contributed by atoms with E-state index in [-0.39, 0.29) is 11.3 Å². The SMILES string of the molecule is COc1ccc(C(O)=C2C(=O)C(=O)N(CCC[NH+](C)C)[C@H]2c2ccco2)cc1OC. The third-order valence-corrected chi connectivity index (χ3v) is 5.09. The standard InChI is InChI=1S/C22H26N2O6/c1-23(2)10-6-11-24-19(16-7-5-12-30-16)18(21(26)22(24)27)20(25)14-8-9-15(28-3)17(13-14)29-4/h5,7-9,12-13,19,25H,6,10-11H2,1-4H3/p+1/t19-/m0/s1. The van der Waals surface area contributed by atoms with E-state index in [2.05, 4.69) is 0 Å². The van der Waals surface area contributed by atoms with Gasteiger partial charge in [-0.1, -0.05) is 0 Å². The lowest BCUT2D eigenvalue weighted by atomic mass is 9.99. The van der Waals surface area contributed by atoms with Crippen molar-refractivity contribution in [2.45, 2.75) is 12.5 Å². The molecule has 0 bridgehead atoms. The highest BCUT2D eigenvalue weighted by Crippen LogP contribution is 2.40. The minimum Gasteiger partial charge on any atom is -0.507 e. The van der Waals surface area contributed by atoms with Crippen LogP contribution in [0.3, 0.4) is 0 Å². The van der Waals surface area contributed by atoms with Crippen LogP contribution in [-0.4, -0.2) is 63.1 Å². The topological polar surface area (TPSA) is 93.7 Å². The van der Waals surface area contributed by atoms with E-state index < -0.39 is 17.7 Å². The first-order chi connectivity index (χ1) is 14.4. The summed E-state index contributed by atoms with van der Waals surface area (Å²) in [4.78, 5) is 28.4. The van der Waals surface area contributed by atoms with Crippen molar-refractivity contribution in [2.75, 3.05) is 41.4 Å². The molecule has 0 saturated carbocycles. The van der Waals surface area contributed by atoms with E-state index >= 15 is 0 Å². The minimum atomic E-state index is -0.787. The maximum Gasteiger partial charge on any atom is 0.295 e. The second kappa shape index (κ2) is 9.04. The Bertz CT molecular complexity index is 949. The lowest BCUT2D eigenvalue weighted by Gasteiger charge is -2.23. The van der Waals surface area contributed by atoms with Gasteiger partial charge in [0.05, 0.1) is 46.7 Å². The Balaban J connectivity index is 2.06. The van der Waals surface area contributed by atoms with Crippen LogP contribution in [0.2, 0.25) is 0 Å². The summed E-state index contributed by atoms with van der Waals surface area (Å²) < 4.78 is 16.0. The van der Waals surface area contributed by atoms with Crippen molar-refractivity contribution >= 4 is 17.4 Å². The summed E-state index contributed by atoms with van der Waals surface area (Å²) in [5.74, 6) is -0.347. The summed E-state index contributed by atoms with van der Waals surface area (Å²) in [6, 6.07) is 7.41. The zero-order chi connectivity index (χ0) is 21.8. The van der Waals surface area contributed by atoms with Crippen LogP contribution >= 0.6 is 0 Å². The molecule has 1 aromatic heterocycles. The number of furan rings is 1. The number of ether oxygens (including phenoxy) is 2. The third kappa shape index (κ3) is 4.04. The molecule has 160 valence electrons. The van der Waals surface area contributed by atoms with Crippen LogP contribution < -0.4 is 14.4 Å². The van der Waals surface area contributed by atoms with Crippen LogP contribution in [0.25, 0.3) is 5.76 Å². The summed E-state index contributed by atoms with van der Waals surface area (Å²) in [6.45, 7) is 1.22. The molecule has 0 spiro atoms. The van der Waals surface area contributed by atoms with Crippen molar-refractivity contribution in [3.63, 3.8) is 0 Å². The normalized spacial score (nSPS) is 18.3. The van der Waals surface area contributed by atoms with Crippen molar-refractivity contribution in [3.05, 3.63) is 53.5 Å². The van der Waals surface area contributed by atoms with Gasteiger partial charge in [-0.15, -0.1) is 0 Å². The lowest BCUT2D eigenvalue weighted by molar-refractivity contribution is -0.858. The molecule has 30 heavy (non-hydrogen) atoms. The van der Waals surface area contributed by atoms with Gasteiger partial charge in [0.1, 0.15) is 17.6 Å². The number of methoxy groups -OCH3 is 2. The molecule has 1 aromatic carbocycles. The number of nitrogens with one attached hydrogen (secondary N) is 1. The number of amides is 1. The zero-order valence-electron chi connectivity index (χ0n) is 17.6. The van der Waals surface area contributed by atoms with Crippen molar-refractivity contribution in [2.24, 2.45) is 0 Å². The van der Waals surface area contributed by atoms with E-state index in [0.717, 1.165) is 6.54 Å². The largest absolute Gasteiger partial charge is 0.507 e. The average molecular weight is 415 g/mol. The number of ketones is 1. The van der Waals surface area contributed by atoms with E-state index in [9.17, 15) is 14.7 Å². The molecule has 1 amide bonds. The second-order valence-corrected chi connectivity index (χ2v) is 7.39. The summed E-state index contributed by atoms with van der Waals surface area (Å²) in [6.07, 6.45) is 2.19. The first kappa shape index (κ1) is 21.4. The Morgan fingerprint density at radius 1 is 1.17 bits per heavy atom. The van der Waals surface area contributed by atoms with Gasteiger partial charge in [-0.25, -0.2) is 0 Å². The van der Waals surface area contributed by atoms with E-state index in [4.69, 9.17) is 13.9 Å². The van der Waals surface area contributed by atoms with E-state index in [0.29, 0.717) is 35.8 Å². The Kier molecular flexibility index (Phi) is 6.47. The van der Waals surface area contributed by atoms with Crippen LogP contribution in [0.5, 0.6) is 11.5 Å². The molecule has 1 saturated heterocycles. The lowest BCUT2D eigenvalue weighted by Crippen LogP contribution is -3.05. The number of aliphatic hydroxyl groups is 1. The Morgan fingerprint density at radius 3 is 2.50 bits per heavy atom. The summed E-state index contributed by atoms with van der Waals surface area (Å²) >= 11 is 0. The molecular weight excluding hydrogens is 388 g/mol. The van der Waals surface area contributed by atoms with Crippen LogP contribution in [0, 0.1) is 0 Å². The van der Waals surface area contributed by atoms with Crippen LogP contribution in [0.15, 0.2) is 46.6 Å². The molecule has 8 nitrogen and oxygen atoms in total. The van der Waals surface area contributed by atoms with Crippen molar-refractivity contribution in [1.82, 2.24) is 4.90 Å². The average Bonchev–Trinajstić information content (AvgIpc) is 3.35. The van der Waals surface area contributed by atoms with Crippen LogP contribution in [-0.2, 0) is 9.59 Å². The number of benzene rings is 1. The molecule has 2 heterocycles. The van der Waals surface area contributed by atoms with Crippen molar-refractivity contribution in [3.8, 4) is 11.5 Å². The molecular formula is C22H27N2O6+. The van der Waals surface area contributed by atoms with E-state index in [1.165, 1.54) is 30.3 Å². The number of aliphatic hydroxyl groups excluding tert-OH is 1. The maximum absolute atomic E-state index is 12.9. The van der Waals surface area contributed by atoms with Gasteiger partial charge in [0.15, 0.2) is 11.5 Å². The number of carbonyl (C=O) groups excluding carboxylic acids is 2. The highest BCUT2D eigenvalue weighted by atomic mass is 16.5. The van der Waals surface area contributed by atoms with E-state index in [1.807, 2.05) is 14.1 Å². The second-order valence-electron chi connectivity index (χ2n) is 7.39. The Morgan fingerprint density at radius 2 is 1.90 bits per heavy atom. The van der Waals surface area contributed by atoms with Crippen molar-refractivity contribution < 1.29 is 33.5 Å². The molecule has 2 aromatic rings. The summed E-state index contributed by atoms with van der Waals surface area (Å²) in [7, 11) is 7.04. The molecule has 1 fully saturated rings. The molecule has 0 aliphatic carbocycles. The predicted molar refractivity (Wildman–Crippen MR) is 110 cm³/mol. The van der Waals surface area contributed by atoms with Gasteiger partial charge in [0, 0.05) is 18.5 Å². The number of likely N-dealkylation sites (tertiary alicyclic amines) is 1. The van der Waals surface area contributed by atoms with Gasteiger partial charge < -0.3 is 28.8 Å². The Hall–Kier alpha value is -3.26. The smallest absolute Gasteiger partial charge is 0.295 e. The fraction of sp³-hybridized carbons (Fsp3) is 0.364. The molecule has 2 N–H and O–H groups in total. The van der Waals surface area contributed by atoms with Gasteiger partial charge >= 0.3 is 0 Å². The molecule has 3 rings (SSSR count). The zero-order valence-corrected chi connectivity index (χ0v) is 17.6. The monoisotopic (exact) mass is 415 g/mol. The minimum absolute atomic E-state index is 0.000583. The fourth-order valence-electron chi connectivity index (χ4n) is 3.60. The number of quaternary nitrogens is 1. The number of carbonyl (C=O) groups is 2. The van der Waals surface area contributed by atoms with Crippen LogP contribution in [0.4, 0.5) is 0 Å². The van der Waals surface area contributed by atoms with Crippen LogP contribution in [0.1, 0.15) is 23.8 Å². The fourth-order valence-corrected chi connectivity index (χ4v) is 3.60. The first-order valence-corrected chi connectivity index (χ1v) is 9.72. The quantitative estimate of drug-likeness (QED) is 0.383. The highest BCUT2D eigenvalue weighted by molar-refractivity contribution is 6.46. The molecule has 8 heteroatoms. The van der Waals surface area contributed by atoms with Gasteiger partial charge in [-0.3, -0.25) is 9.59 Å². The van der Waals surface area contributed by atoms with Crippen molar-refractivity contribution in [1.29, 1.82) is 0 Å². The molecule has 1 aliphatic rings. The molecule has 1 atom stereocenters. The van der Waals surface area contributed by atoms with Gasteiger partial charge in [0.25, 0.3) is 11.7 Å². The molecule has 0 unspecified atom stereocenters. The number of nitrogens with zero attached hydrogens (tertiary/aromatic N) is 1. The summed E-state index contributed by atoms with van der Waals surface area (Å²) in [5.41, 5.74) is 0.347.